The lowest BCUT2D eigenvalue weighted by Crippen LogP contribution is -2.46. The van der Waals surface area contributed by atoms with E-state index in [1.807, 2.05) is 0 Å². The minimum absolute atomic E-state index is 0.0106. The number of alkyl halides is 3. The van der Waals surface area contributed by atoms with Crippen molar-refractivity contribution >= 4 is 15.7 Å². The standard InChI is InChI=1S/C9H17F3N2O3S/c1-3-18(16,17)5-4-13-7(2)8(15)14-6-9(10,11)12/h7,13H,3-6H2,1-2H3,(H,14,15). The summed E-state index contributed by atoms with van der Waals surface area (Å²) in [5, 5.41) is 4.26. The van der Waals surface area contributed by atoms with Crippen molar-refractivity contribution in [1.29, 1.82) is 0 Å². The van der Waals surface area contributed by atoms with Crippen LogP contribution in [-0.4, -0.2) is 51.1 Å². The molecular weight excluding hydrogens is 273 g/mol. The zero-order valence-corrected chi connectivity index (χ0v) is 11.0. The van der Waals surface area contributed by atoms with Crippen molar-refractivity contribution in [3.63, 3.8) is 0 Å². The lowest BCUT2D eigenvalue weighted by atomic mass is 10.3. The Kier molecular flexibility index (Phi) is 6.61. The molecule has 108 valence electrons. The molecule has 1 atom stereocenters. The number of amides is 1. The molecule has 0 bridgehead atoms. The molecule has 1 unspecified atom stereocenters. The topological polar surface area (TPSA) is 75.3 Å². The first kappa shape index (κ1) is 17.2. The van der Waals surface area contributed by atoms with Gasteiger partial charge in [0.05, 0.1) is 11.8 Å². The molecule has 1 amide bonds. The molecule has 0 aliphatic carbocycles. The second kappa shape index (κ2) is 6.93. The number of sulfone groups is 1. The van der Waals surface area contributed by atoms with E-state index in [-0.39, 0.29) is 18.1 Å². The fourth-order valence-corrected chi connectivity index (χ4v) is 1.73. The fourth-order valence-electron chi connectivity index (χ4n) is 1.01. The van der Waals surface area contributed by atoms with Gasteiger partial charge >= 0.3 is 6.18 Å². The van der Waals surface area contributed by atoms with E-state index >= 15 is 0 Å². The summed E-state index contributed by atoms with van der Waals surface area (Å²) < 4.78 is 57.7. The predicted molar refractivity (Wildman–Crippen MR) is 60.9 cm³/mol. The van der Waals surface area contributed by atoms with Crippen molar-refractivity contribution in [3.8, 4) is 0 Å². The number of hydrogen-bond donors (Lipinski definition) is 2. The van der Waals surface area contributed by atoms with Gasteiger partial charge in [-0.2, -0.15) is 13.2 Å². The summed E-state index contributed by atoms with van der Waals surface area (Å²) in [7, 11) is -3.15. The van der Waals surface area contributed by atoms with Crippen molar-refractivity contribution in [2.75, 3.05) is 24.6 Å². The largest absolute Gasteiger partial charge is 0.405 e. The molecule has 0 fully saturated rings. The van der Waals surface area contributed by atoms with Crippen LogP contribution in [0.3, 0.4) is 0 Å². The Morgan fingerprint density at radius 2 is 1.89 bits per heavy atom. The highest BCUT2D eigenvalue weighted by molar-refractivity contribution is 7.91. The zero-order valence-electron chi connectivity index (χ0n) is 10.2. The van der Waals surface area contributed by atoms with E-state index in [1.54, 1.807) is 5.32 Å². The first-order valence-electron chi connectivity index (χ1n) is 5.35. The van der Waals surface area contributed by atoms with Crippen LogP contribution in [0.1, 0.15) is 13.8 Å². The summed E-state index contributed by atoms with van der Waals surface area (Å²) in [6, 6.07) is -0.876. The Balaban J connectivity index is 3.96. The molecule has 0 aromatic carbocycles. The van der Waals surface area contributed by atoms with Crippen LogP contribution < -0.4 is 10.6 Å². The molecule has 5 nitrogen and oxygen atoms in total. The molecule has 0 aromatic heterocycles. The van der Waals surface area contributed by atoms with Crippen molar-refractivity contribution in [1.82, 2.24) is 10.6 Å². The molecule has 0 saturated heterocycles. The first-order chi connectivity index (χ1) is 8.07. The van der Waals surface area contributed by atoms with Crippen molar-refractivity contribution in [2.45, 2.75) is 26.1 Å². The number of rotatable bonds is 7. The van der Waals surface area contributed by atoms with Crippen molar-refractivity contribution in [3.05, 3.63) is 0 Å². The summed E-state index contributed by atoms with van der Waals surface area (Å²) in [6.07, 6.45) is -4.46. The fraction of sp³-hybridized carbons (Fsp3) is 0.889. The van der Waals surface area contributed by atoms with Gasteiger partial charge in [0.2, 0.25) is 5.91 Å². The molecule has 0 rings (SSSR count). The van der Waals surface area contributed by atoms with Gasteiger partial charge in [0, 0.05) is 12.3 Å². The molecule has 0 heterocycles. The lowest BCUT2D eigenvalue weighted by molar-refractivity contribution is -0.139. The SMILES string of the molecule is CCS(=O)(=O)CCNC(C)C(=O)NCC(F)(F)F. The Labute approximate surface area is 104 Å². The molecule has 2 N–H and O–H groups in total. The number of halogens is 3. The van der Waals surface area contributed by atoms with Crippen molar-refractivity contribution < 1.29 is 26.4 Å². The minimum Gasteiger partial charge on any atom is -0.346 e. The molecule has 0 saturated carbocycles. The number of nitrogens with one attached hydrogen (secondary N) is 2. The van der Waals surface area contributed by atoms with Crippen LogP contribution in [0, 0.1) is 0 Å². The Morgan fingerprint density at radius 3 is 2.33 bits per heavy atom. The quantitative estimate of drug-likeness (QED) is 0.696. The normalized spacial score (nSPS) is 14.3. The van der Waals surface area contributed by atoms with Gasteiger partial charge in [0.25, 0.3) is 0 Å². The molecule has 0 spiro atoms. The van der Waals surface area contributed by atoms with E-state index in [4.69, 9.17) is 0 Å². The summed E-state index contributed by atoms with van der Waals surface area (Å²) >= 11 is 0. The number of carbonyl (C=O) groups excluding carboxylic acids is 1. The van der Waals surface area contributed by atoms with Crippen LogP contribution in [0.2, 0.25) is 0 Å². The highest BCUT2D eigenvalue weighted by atomic mass is 32.2. The van der Waals surface area contributed by atoms with Crippen LogP contribution in [0.5, 0.6) is 0 Å². The van der Waals surface area contributed by atoms with Gasteiger partial charge in [0.15, 0.2) is 9.84 Å². The average molecular weight is 290 g/mol. The van der Waals surface area contributed by atoms with Gasteiger partial charge < -0.3 is 10.6 Å². The zero-order chi connectivity index (χ0) is 14.4. The smallest absolute Gasteiger partial charge is 0.346 e. The van der Waals surface area contributed by atoms with Gasteiger partial charge in [-0.15, -0.1) is 0 Å². The van der Waals surface area contributed by atoms with E-state index < -0.39 is 34.5 Å². The monoisotopic (exact) mass is 290 g/mol. The lowest BCUT2D eigenvalue weighted by Gasteiger charge is -2.14. The maximum Gasteiger partial charge on any atom is 0.405 e. The predicted octanol–water partition coefficient (Wildman–Crippen LogP) is 0.0777. The van der Waals surface area contributed by atoms with Crippen LogP contribution >= 0.6 is 0 Å². The third kappa shape index (κ3) is 8.29. The van der Waals surface area contributed by atoms with Crippen molar-refractivity contribution in [2.24, 2.45) is 0 Å². The van der Waals surface area contributed by atoms with Crippen LogP contribution in [0.15, 0.2) is 0 Å². The molecule has 0 aliphatic rings. The molecular formula is C9H17F3N2O3S. The van der Waals surface area contributed by atoms with E-state index in [2.05, 4.69) is 5.32 Å². The summed E-state index contributed by atoms with van der Waals surface area (Å²) in [5.41, 5.74) is 0. The molecule has 0 radical (unpaired) electrons. The van der Waals surface area contributed by atoms with Crippen LogP contribution in [-0.2, 0) is 14.6 Å². The first-order valence-corrected chi connectivity index (χ1v) is 7.18. The Morgan fingerprint density at radius 1 is 1.33 bits per heavy atom. The maximum atomic E-state index is 11.8. The van der Waals surface area contributed by atoms with E-state index in [9.17, 15) is 26.4 Å². The minimum atomic E-state index is -4.46. The second-order valence-electron chi connectivity index (χ2n) is 3.75. The van der Waals surface area contributed by atoms with Gasteiger partial charge in [-0.05, 0) is 6.92 Å². The maximum absolute atomic E-state index is 11.8. The van der Waals surface area contributed by atoms with Gasteiger partial charge in [-0.1, -0.05) is 6.92 Å². The van der Waals surface area contributed by atoms with Crippen LogP contribution in [0.25, 0.3) is 0 Å². The molecule has 9 heteroatoms. The van der Waals surface area contributed by atoms with Gasteiger partial charge in [-0.25, -0.2) is 8.42 Å². The summed E-state index contributed by atoms with van der Waals surface area (Å²) in [4.78, 5) is 11.2. The summed E-state index contributed by atoms with van der Waals surface area (Å²) in [6.45, 7) is 1.49. The number of carbonyl (C=O) groups is 1. The molecule has 0 aromatic rings. The van der Waals surface area contributed by atoms with Gasteiger partial charge in [0.1, 0.15) is 6.54 Å². The second-order valence-corrected chi connectivity index (χ2v) is 6.22. The molecule has 18 heavy (non-hydrogen) atoms. The number of hydrogen-bond acceptors (Lipinski definition) is 4. The Hall–Kier alpha value is -0.830. The van der Waals surface area contributed by atoms with Crippen LogP contribution in [0.4, 0.5) is 13.2 Å². The summed E-state index contributed by atoms with van der Waals surface area (Å²) in [5.74, 6) is -0.981. The van der Waals surface area contributed by atoms with E-state index in [0.29, 0.717) is 0 Å². The Bertz CT molecular complexity index is 368. The molecule has 0 aliphatic heterocycles. The van der Waals surface area contributed by atoms with Gasteiger partial charge in [-0.3, -0.25) is 4.79 Å². The third-order valence-corrected chi connectivity index (χ3v) is 3.87. The highest BCUT2D eigenvalue weighted by Gasteiger charge is 2.28. The highest BCUT2D eigenvalue weighted by Crippen LogP contribution is 2.12. The third-order valence-electron chi connectivity index (χ3n) is 2.16. The van der Waals surface area contributed by atoms with E-state index in [1.165, 1.54) is 13.8 Å². The average Bonchev–Trinajstić information content (AvgIpc) is 2.24. The van der Waals surface area contributed by atoms with E-state index in [0.717, 1.165) is 0 Å².